The predicted molar refractivity (Wildman–Crippen MR) is 115 cm³/mol. The van der Waals surface area contributed by atoms with Gasteiger partial charge in [0.05, 0.1) is 22.4 Å². The van der Waals surface area contributed by atoms with E-state index < -0.39 is 5.91 Å². The number of thiocarbonyl (C=S) groups is 1. The minimum atomic E-state index is -0.489. The van der Waals surface area contributed by atoms with Gasteiger partial charge in [-0.3, -0.25) is 10.1 Å². The Hall–Kier alpha value is -2.52. The van der Waals surface area contributed by atoms with E-state index in [9.17, 15) is 4.79 Å². The van der Waals surface area contributed by atoms with Crippen LogP contribution in [0.5, 0.6) is 0 Å². The molecule has 4 rings (SSSR count). The van der Waals surface area contributed by atoms with E-state index in [0.717, 1.165) is 17.3 Å². The molecule has 0 atom stereocenters. The van der Waals surface area contributed by atoms with Crippen molar-refractivity contribution in [3.8, 4) is 11.3 Å². The Morgan fingerprint density at radius 2 is 1.82 bits per heavy atom. The summed E-state index contributed by atoms with van der Waals surface area (Å²) in [7, 11) is 0. The lowest BCUT2D eigenvalue weighted by atomic mass is 10.2. The number of benzene rings is 2. The Morgan fingerprint density at radius 1 is 1.04 bits per heavy atom. The van der Waals surface area contributed by atoms with Crippen LogP contribution in [0.3, 0.4) is 0 Å². The summed E-state index contributed by atoms with van der Waals surface area (Å²) in [5.41, 5.74) is 2.56. The number of fused-ring (bicyclic) bond motifs is 1. The second kappa shape index (κ2) is 7.84. The number of hydrogen-bond acceptors (Lipinski definition) is 6. The highest BCUT2D eigenvalue weighted by molar-refractivity contribution is 7.80. The van der Waals surface area contributed by atoms with Crippen molar-refractivity contribution in [2.24, 2.45) is 0 Å². The molecular weight excluding hydrogens is 439 g/mol. The van der Waals surface area contributed by atoms with E-state index in [2.05, 4.69) is 19.4 Å². The van der Waals surface area contributed by atoms with E-state index in [-0.39, 0.29) is 10.9 Å². The molecule has 0 radical (unpaired) electrons. The maximum atomic E-state index is 12.4. The summed E-state index contributed by atoms with van der Waals surface area (Å²) in [6.45, 7) is 0. The monoisotopic (exact) mass is 448 g/mol. The molecule has 0 bridgehead atoms. The summed E-state index contributed by atoms with van der Waals surface area (Å²) in [5.74, 6) is 0.174. The van der Waals surface area contributed by atoms with Gasteiger partial charge in [0.2, 0.25) is 0 Å². The minimum absolute atomic E-state index is 0.0665. The van der Waals surface area contributed by atoms with Gasteiger partial charge in [-0.1, -0.05) is 23.2 Å². The molecule has 2 heterocycles. The van der Waals surface area contributed by atoms with Gasteiger partial charge in [0, 0.05) is 10.6 Å². The molecule has 0 aliphatic carbocycles. The fourth-order valence-electron chi connectivity index (χ4n) is 2.48. The fourth-order valence-corrected chi connectivity index (χ4v) is 3.55. The number of carbonyl (C=O) groups excluding carboxylic acids is 1. The Morgan fingerprint density at radius 3 is 2.61 bits per heavy atom. The van der Waals surface area contributed by atoms with Gasteiger partial charge in [-0.2, -0.15) is 8.75 Å². The van der Waals surface area contributed by atoms with Crippen LogP contribution in [0.1, 0.15) is 10.6 Å². The average Bonchev–Trinajstić information content (AvgIpc) is 3.34. The smallest absolute Gasteiger partial charge is 0.293 e. The largest absolute Gasteiger partial charge is 0.451 e. The molecule has 0 unspecified atom stereocenters. The molecule has 0 saturated carbocycles. The number of halogens is 2. The van der Waals surface area contributed by atoms with Gasteiger partial charge < -0.3 is 9.73 Å². The van der Waals surface area contributed by atoms with Gasteiger partial charge in [-0.15, -0.1) is 0 Å². The maximum absolute atomic E-state index is 12.4. The lowest BCUT2D eigenvalue weighted by Crippen LogP contribution is -2.34. The third kappa shape index (κ3) is 3.85. The molecule has 0 aliphatic rings. The molecule has 4 aromatic rings. The zero-order chi connectivity index (χ0) is 19.7. The number of carbonyl (C=O) groups is 1. The van der Waals surface area contributed by atoms with Crippen molar-refractivity contribution in [2.45, 2.75) is 0 Å². The quantitative estimate of drug-likeness (QED) is 0.409. The van der Waals surface area contributed by atoms with Crippen LogP contribution in [0, 0.1) is 0 Å². The number of furan rings is 1. The topological polar surface area (TPSA) is 80.0 Å². The highest BCUT2D eigenvalue weighted by Gasteiger charge is 2.16. The molecule has 28 heavy (non-hydrogen) atoms. The minimum Gasteiger partial charge on any atom is -0.451 e. The van der Waals surface area contributed by atoms with Gasteiger partial charge in [0.15, 0.2) is 10.9 Å². The summed E-state index contributed by atoms with van der Waals surface area (Å²) >= 11 is 18.4. The van der Waals surface area contributed by atoms with Gasteiger partial charge in [-0.25, -0.2) is 0 Å². The second-order valence-electron chi connectivity index (χ2n) is 5.63. The first-order valence-electron chi connectivity index (χ1n) is 7.90. The third-order valence-electron chi connectivity index (χ3n) is 3.80. The SMILES string of the molecule is O=C(NC(=S)Nc1c(Cl)ccc2nsnc12)c1ccc(-c2ccc(Cl)cc2)o1. The average molecular weight is 449 g/mol. The molecular formula is C18H10Cl2N4O2S2. The van der Waals surface area contributed by atoms with Crippen molar-refractivity contribution >= 4 is 74.9 Å². The van der Waals surface area contributed by atoms with Crippen LogP contribution in [0.15, 0.2) is 52.9 Å². The van der Waals surface area contributed by atoms with Crippen LogP contribution in [0.4, 0.5) is 5.69 Å². The van der Waals surface area contributed by atoms with Gasteiger partial charge in [-0.05, 0) is 60.7 Å². The summed E-state index contributed by atoms with van der Waals surface area (Å²) in [5, 5.41) is 6.57. The van der Waals surface area contributed by atoms with E-state index in [4.69, 9.17) is 39.8 Å². The highest BCUT2D eigenvalue weighted by Crippen LogP contribution is 2.30. The standard InChI is InChI=1S/C18H10Cl2N4O2S2/c19-10-3-1-9(2-4-10)13-7-8-14(26-13)17(25)22-18(27)21-15-11(20)5-6-12-16(15)24-28-23-12/h1-8H,(H2,21,22,25,27). The first kappa shape index (κ1) is 18.8. The molecule has 0 spiro atoms. The van der Waals surface area contributed by atoms with Crippen molar-refractivity contribution in [2.75, 3.05) is 5.32 Å². The summed E-state index contributed by atoms with van der Waals surface area (Å²) < 4.78 is 14.0. The van der Waals surface area contributed by atoms with Crippen molar-refractivity contribution in [1.29, 1.82) is 0 Å². The number of rotatable bonds is 3. The molecule has 1 amide bonds. The number of nitrogens with one attached hydrogen (secondary N) is 2. The molecule has 0 saturated heterocycles. The van der Waals surface area contributed by atoms with Crippen molar-refractivity contribution in [3.63, 3.8) is 0 Å². The molecule has 2 aromatic heterocycles. The van der Waals surface area contributed by atoms with Gasteiger partial charge in [0.1, 0.15) is 16.8 Å². The van der Waals surface area contributed by atoms with Crippen molar-refractivity contribution in [3.05, 3.63) is 64.3 Å². The molecule has 2 aromatic carbocycles. The van der Waals surface area contributed by atoms with Crippen molar-refractivity contribution < 1.29 is 9.21 Å². The molecule has 0 fully saturated rings. The van der Waals surface area contributed by atoms with Crippen LogP contribution < -0.4 is 10.6 Å². The van der Waals surface area contributed by atoms with E-state index in [0.29, 0.717) is 32.5 Å². The molecule has 6 nitrogen and oxygen atoms in total. The molecule has 2 N–H and O–H groups in total. The Balaban J connectivity index is 1.48. The number of aromatic nitrogens is 2. The second-order valence-corrected chi connectivity index (χ2v) is 7.41. The zero-order valence-corrected chi connectivity index (χ0v) is 17.0. The number of amides is 1. The predicted octanol–water partition coefficient (Wildman–Crippen LogP) is 5.38. The highest BCUT2D eigenvalue weighted by atomic mass is 35.5. The Kier molecular flexibility index (Phi) is 5.27. The first-order chi connectivity index (χ1) is 13.5. The molecule has 0 aliphatic heterocycles. The molecule has 10 heteroatoms. The van der Waals surface area contributed by atoms with Gasteiger partial charge in [0.25, 0.3) is 5.91 Å². The van der Waals surface area contributed by atoms with E-state index in [1.807, 2.05) is 0 Å². The zero-order valence-electron chi connectivity index (χ0n) is 13.9. The Labute approximate surface area is 178 Å². The van der Waals surface area contributed by atoms with Crippen LogP contribution in [0.2, 0.25) is 10.0 Å². The van der Waals surface area contributed by atoms with Crippen LogP contribution in [-0.4, -0.2) is 19.8 Å². The lowest BCUT2D eigenvalue weighted by Gasteiger charge is -2.10. The van der Waals surface area contributed by atoms with Crippen LogP contribution >= 0.6 is 47.1 Å². The third-order valence-corrected chi connectivity index (χ3v) is 5.11. The van der Waals surface area contributed by atoms with E-state index in [1.54, 1.807) is 48.5 Å². The normalized spacial score (nSPS) is 10.8. The van der Waals surface area contributed by atoms with E-state index in [1.165, 1.54) is 0 Å². The fraction of sp³-hybridized carbons (Fsp3) is 0. The summed E-state index contributed by atoms with van der Waals surface area (Å²) in [4.78, 5) is 12.4. The number of hydrogen-bond donors (Lipinski definition) is 2. The first-order valence-corrected chi connectivity index (χ1v) is 9.79. The number of nitrogens with zero attached hydrogens (tertiary/aromatic N) is 2. The van der Waals surface area contributed by atoms with Gasteiger partial charge >= 0.3 is 0 Å². The van der Waals surface area contributed by atoms with Crippen molar-refractivity contribution in [1.82, 2.24) is 14.1 Å². The maximum Gasteiger partial charge on any atom is 0.293 e. The lowest BCUT2D eigenvalue weighted by molar-refractivity contribution is 0.0951. The van der Waals surface area contributed by atoms with Crippen LogP contribution in [-0.2, 0) is 0 Å². The number of anilines is 1. The summed E-state index contributed by atoms with van der Waals surface area (Å²) in [6, 6.07) is 13.8. The van der Waals surface area contributed by atoms with E-state index >= 15 is 0 Å². The summed E-state index contributed by atoms with van der Waals surface area (Å²) in [6.07, 6.45) is 0. The van der Waals surface area contributed by atoms with Crippen LogP contribution in [0.25, 0.3) is 22.4 Å². The Bertz CT molecular complexity index is 1190. The molecule has 140 valence electrons.